The van der Waals surface area contributed by atoms with Crippen molar-refractivity contribution in [2.24, 2.45) is 0 Å². The fourth-order valence-electron chi connectivity index (χ4n) is 2.27. The highest BCUT2D eigenvalue weighted by Gasteiger charge is 2.09. The van der Waals surface area contributed by atoms with E-state index >= 15 is 0 Å². The van der Waals surface area contributed by atoms with Crippen molar-refractivity contribution in [1.82, 2.24) is 15.3 Å². The average Bonchev–Trinajstić information content (AvgIpc) is 2.62. The summed E-state index contributed by atoms with van der Waals surface area (Å²) in [5.41, 5.74) is 9.92. The summed E-state index contributed by atoms with van der Waals surface area (Å²) >= 11 is 0. The molecule has 114 valence electrons. The number of pyridine rings is 2. The van der Waals surface area contributed by atoms with Gasteiger partial charge in [0.05, 0.1) is 0 Å². The zero-order valence-corrected chi connectivity index (χ0v) is 12.4. The largest absolute Gasteiger partial charge is 0.398 e. The van der Waals surface area contributed by atoms with Gasteiger partial charge in [-0.1, -0.05) is 6.07 Å². The molecule has 1 aromatic carbocycles. The van der Waals surface area contributed by atoms with E-state index in [0.717, 1.165) is 16.7 Å². The number of aromatic nitrogens is 2. The van der Waals surface area contributed by atoms with E-state index in [1.165, 1.54) is 0 Å². The van der Waals surface area contributed by atoms with E-state index in [2.05, 4.69) is 15.3 Å². The number of benzene rings is 1. The predicted octanol–water partition coefficient (Wildman–Crippen LogP) is 2.66. The van der Waals surface area contributed by atoms with Crippen molar-refractivity contribution in [3.8, 4) is 11.1 Å². The molecule has 0 aliphatic heterocycles. The summed E-state index contributed by atoms with van der Waals surface area (Å²) in [5.74, 6) is -0.149. The highest BCUT2D eigenvalue weighted by molar-refractivity contribution is 5.96. The first-order valence-corrected chi connectivity index (χ1v) is 7.21. The number of amides is 1. The third-order valence-corrected chi connectivity index (χ3v) is 3.48. The number of nitrogens with two attached hydrogens (primary N) is 1. The second-order valence-electron chi connectivity index (χ2n) is 5.08. The fourth-order valence-corrected chi connectivity index (χ4v) is 2.27. The molecule has 0 saturated carbocycles. The third kappa shape index (κ3) is 3.52. The van der Waals surface area contributed by atoms with Crippen LogP contribution in [-0.4, -0.2) is 15.9 Å². The van der Waals surface area contributed by atoms with Gasteiger partial charge in [-0.25, -0.2) is 0 Å². The molecule has 0 bridgehead atoms. The minimum atomic E-state index is -0.149. The summed E-state index contributed by atoms with van der Waals surface area (Å²) in [6, 6.07) is 12.7. The Hall–Kier alpha value is -3.21. The second kappa shape index (κ2) is 6.70. The summed E-state index contributed by atoms with van der Waals surface area (Å²) in [6.45, 7) is 0.432. The minimum absolute atomic E-state index is 0.149. The Labute approximate surface area is 134 Å². The number of hydrogen-bond donors (Lipinski definition) is 2. The van der Waals surface area contributed by atoms with Crippen LogP contribution in [0.1, 0.15) is 15.9 Å². The highest BCUT2D eigenvalue weighted by Crippen LogP contribution is 2.26. The Morgan fingerprint density at radius 2 is 1.87 bits per heavy atom. The lowest BCUT2D eigenvalue weighted by Gasteiger charge is -2.09. The summed E-state index contributed by atoms with van der Waals surface area (Å²) in [5, 5.41) is 2.88. The molecule has 3 aromatic rings. The number of nitrogens with zero attached hydrogens (tertiary/aromatic N) is 2. The monoisotopic (exact) mass is 304 g/mol. The number of carbonyl (C=O) groups excluding carboxylic acids is 1. The van der Waals surface area contributed by atoms with Gasteiger partial charge in [-0.15, -0.1) is 0 Å². The molecular weight excluding hydrogens is 288 g/mol. The first-order valence-electron chi connectivity index (χ1n) is 7.21. The Kier molecular flexibility index (Phi) is 4.29. The molecule has 0 aliphatic carbocycles. The molecular formula is C18H16N4O. The SMILES string of the molecule is Nc1ccc(C(=O)NCc2cccnc2)cc1-c1ccncc1. The van der Waals surface area contributed by atoms with Crippen LogP contribution in [0, 0.1) is 0 Å². The van der Waals surface area contributed by atoms with Gasteiger partial charge in [0.25, 0.3) is 5.91 Å². The maximum absolute atomic E-state index is 12.3. The van der Waals surface area contributed by atoms with Gasteiger partial charge < -0.3 is 11.1 Å². The maximum Gasteiger partial charge on any atom is 0.251 e. The quantitative estimate of drug-likeness (QED) is 0.726. The van der Waals surface area contributed by atoms with Crippen LogP contribution in [0.5, 0.6) is 0 Å². The van der Waals surface area contributed by atoms with Crippen LogP contribution in [0.2, 0.25) is 0 Å². The van der Waals surface area contributed by atoms with E-state index < -0.39 is 0 Å². The normalized spacial score (nSPS) is 10.3. The number of hydrogen-bond acceptors (Lipinski definition) is 4. The summed E-state index contributed by atoms with van der Waals surface area (Å²) in [7, 11) is 0. The molecule has 1 amide bonds. The van der Waals surface area contributed by atoms with E-state index in [-0.39, 0.29) is 5.91 Å². The zero-order valence-electron chi connectivity index (χ0n) is 12.4. The van der Waals surface area contributed by atoms with Gasteiger partial charge in [0.15, 0.2) is 0 Å². The predicted molar refractivity (Wildman–Crippen MR) is 89.5 cm³/mol. The van der Waals surface area contributed by atoms with E-state index in [1.54, 1.807) is 43.0 Å². The van der Waals surface area contributed by atoms with Crippen molar-refractivity contribution in [2.45, 2.75) is 6.54 Å². The lowest BCUT2D eigenvalue weighted by molar-refractivity contribution is 0.0951. The van der Waals surface area contributed by atoms with E-state index in [0.29, 0.717) is 17.8 Å². The van der Waals surface area contributed by atoms with Crippen LogP contribution in [0.4, 0.5) is 5.69 Å². The molecule has 0 aliphatic rings. The van der Waals surface area contributed by atoms with Crippen molar-refractivity contribution in [3.63, 3.8) is 0 Å². The number of carbonyl (C=O) groups is 1. The lowest BCUT2D eigenvalue weighted by Crippen LogP contribution is -2.22. The third-order valence-electron chi connectivity index (χ3n) is 3.48. The Morgan fingerprint density at radius 1 is 1.04 bits per heavy atom. The van der Waals surface area contributed by atoms with Crippen molar-refractivity contribution in [1.29, 1.82) is 0 Å². The molecule has 3 N–H and O–H groups in total. The van der Waals surface area contributed by atoms with Crippen molar-refractivity contribution in [2.75, 3.05) is 5.73 Å². The molecule has 0 spiro atoms. The topological polar surface area (TPSA) is 80.9 Å². The van der Waals surface area contributed by atoms with Crippen LogP contribution in [0.15, 0.2) is 67.3 Å². The van der Waals surface area contributed by atoms with E-state index in [4.69, 9.17) is 5.73 Å². The van der Waals surface area contributed by atoms with Gasteiger partial charge >= 0.3 is 0 Å². The van der Waals surface area contributed by atoms with Crippen molar-refractivity contribution in [3.05, 3.63) is 78.4 Å². The summed E-state index contributed by atoms with van der Waals surface area (Å²) in [6.07, 6.45) is 6.83. The number of nitrogens with one attached hydrogen (secondary N) is 1. The van der Waals surface area contributed by atoms with Gasteiger partial charge in [0.2, 0.25) is 0 Å². The van der Waals surface area contributed by atoms with Crippen molar-refractivity contribution >= 4 is 11.6 Å². The first-order chi connectivity index (χ1) is 11.2. The summed E-state index contributed by atoms with van der Waals surface area (Å²) in [4.78, 5) is 20.4. The van der Waals surface area contributed by atoms with Gasteiger partial charge in [-0.05, 0) is 47.5 Å². The first kappa shape index (κ1) is 14.7. The van der Waals surface area contributed by atoms with Gasteiger partial charge in [-0.2, -0.15) is 0 Å². The molecule has 23 heavy (non-hydrogen) atoms. The second-order valence-corrected chi connectivity index (χ2v) is 5.08. The standard InChI is InChI=1S/C18H16N4O/c19-17-4-3-15(10-16(17)14-5-8-20-9-6-14)18(23)22-12-13-2-1-7-21-11-13/h1-11H,12,19H2,(H,22,23). The zero-order chi connectivity index (χ0) is 16.1. The molecule has 2 aromatic heterocycles. The highest BCUT2D eigenvalue weighted by atomic mass is 16.1. The summed E-state index contributed by atoms with van der Waals surface area (Å²) < 4.78 is 0. The average molecular weight is 304 g/mol. The number of anilines is 1. The number of nitrogen functional groups attached to an aromatic ring is 1. The van der Waals surface area contributed by atoms with Crippen LogP contribution < -0.4 is 11.1 Å². The van der Waals surface area contributed by atoms with E-state index in [9.17, 15) is 4.79 Å². The molecule has 0 fully saturated rings. The van der Waals surface area contributed by atoms with Crippen molar-refractivity contribution < 1.29 is 4.79 Å². The lowest BCUT2D eigenvalue weighted by atomic mass is 10.0. The fraction of sp³-hybridized carbons (Fsp3) is 0.0556. The van der Waals surface area contributed by atoms with Gasteiger partial charge in [0, 0.05) is 48.1 Å². The van der Waals surface area contributed by atoms with Crippen LogP contribution in [0.25, 0.3) is 11.1 Å². The van der Waals surface area contributed by atoms with Crippen LogP contribution >= 0.6 is 0 Å². The van der Waals surface area contributed by atoms with Gasteiger partial charge in [-0.3, -0.25) is 14.8 Å². The molecule has 0 saturated heterocycles. The minimum Gasteiger partial charge on any atom is -0.398 e. The van der Waals surface area contributed by atoms with Gasteiger partial charge in [0.1, 0.15) is 0 Å². The Bertz CT molecular complexity index is 804. The van der Waals surface area contributed by atoms with Crippen LogP contribution in [0.3, 0.4) is 0 Å². The molecule has 5 heteroatoms. The number of rotatable bonds is 4. The Balaban J connectivity index is 1.79. The molecule has 0 atom stereocenters. The smallest absolute Gasteiger partial charge is 0.251 e. The molecule has 2 heterocycles. The molecule has 5 nitrogen and oxygen atoms in total. The van der Waals surface area contributed by atoms with E-state index in [1.807, 2.05) is 24.3 Å². The Morgan fingerprint density at radius 3 is 2.61 bits per heavy atom. The maximum atomic E-state index is 12.3. The van der Waals surface area contributed by atoms with Crippen LogP contribution in [-0.2, 0) is 6.54 Å². The molecule has 3 rings (SSSR count). The molecule has 0 unspecified atom stereocenters. The molecule has 0 radical (unpaired) electrons.